The van der Waals surface area contributed by atoms with Gasteiger partial charge in [0.05, 0.1) is 6.10 Å². The van der Waals surface area contributed by atoms with E-state index < -0.39 is 0 Å². The molecule has 1 saturated heterocycles. The molecule has 1 fully saturated rings. The molecule has 2 heterocycles. The van der Waals surface area contributed by atoms with E-state index in [1.54, 1.807) is 11.0 Å². The van der Waals surface area contributed by atoms with Crippen LogP contribution in [0, 0.1) is 0 Å². The molecular formula is C15H15ClN2O2. The summed E-state index contributed by atoms with van der Waals surface area (Å²) in [5.41, 5.74) is 0.366. The molecule has 0 radical (unpaired) electrons. The fourth-order valence-electron chi connectivity index (χ4n) is 2.50. The minimum absolute atomic E-state index is 0.121. The van der Waals surface area contributed by atoms with Crippen molar-refractivity contribution in [1.82, 2.24) is 9.88 Å². The maximum Gasteiger partial charge on any atom is 0.272 e. The Morgan fingerprint density at radius 1 is 1.30 bits per heavy atom. The monoisotopic (exact) mass is 290 g/mol. The summed E-state index contributed by atoms with van der Waals surface area (Å²) in [5.74, 6) is -0.121. The lowest BCUT2D eigenvalue weighted by atomic mass is 10.1. The minimum Gasteiger partial charge on any atom is -0.393 e. The van der Waals surface area contributed by atoms with E-state index in [-0.39, 0.29) is 12.0 Å². The quantitative estimate of drug-likeness (QED) is 0.821. The second-order valence-electron chi connectivity index (χ2n) is 5.04. The summed E-state index contributed by atoms with van der Waals surface area (Å²) >= 11 is 6.15. The van der Waals surface area contributed by atoms with E-state index in [2.05, 4.69) is 4.98 Å². The van der Waals surface area contributed by atoms with Crippen molar-refractivity contribution < 1.29 is 9.90 Å². The third-order valence-electron chi connectivity index (χ3n) is 3.66. The number of halogens is 1. The summed E-state index contributed by atoms with van der Waals surface area (Å²) in [6, 6.07) is 9.37. The van der Waals surface area contributed by atoms with Crippen LogP contribution in [0.3, 0.4) is 0 Å². The first-order chi connectivity index (χ1) is 9.65. The number of amides is 1. The van der Waals surface area contributed by atoms with Gasteiger partial charge < -0.3 is 10.0 Å². The van der Waals surface area contributed by atoms with Crippen LogP contribution in [0.2, 0.25) is 5.15 Å². The summed E-state index contributed by atoms with van der Waals surface area (Å²) < 4.78 is 0. The Kier molecular flexibility index (Phi) is 3.59. The lowest BCUT2D eigenvalue weighted by Crippen LogP contribution is -2.40. The second kappa shape index (κ2) is 5.38. The lowest BCUT2D eigenvalue weighted by molar-refractivity contribution is 0.0542. The van der Waals surface area contributed by atoms with Gasteiger partial charge in [0.2, 0.25) is 0 Å². The number of rotatable bonds is 1. The van der Waals surface area contributed by atoms with Crippen LogP contribution in [-0.2, 0) is 0 Å². The third kappa shape index (κ3) is 2.49. The van der Waals surface area contributed by atoms with Crippen molar-refractivity contribution in [3.05, 3.63) is 41.2 Å². The largest absolute Gasteiger partial charge is 0.393 e. The molecule has 5 heteroatoms. The number of fused-ring (bicyclic) bond motifs is 1. The number of likely N-dealkylation sites (tertiary alicyclic amines) is 1. The number of carbonyl (C=O) groups is 1. The van der Waals surface area contributed by atoms with Gasteiger partial charge in [-0.2, -0.15) is 0 Å². The first-order valence-corrected chi connectivity index (χ1v) is 7.05. The van der Waals surface area contributed by atoms with Crippen LogP contribution in [0.4, 0.5) is 0 Å². The van der Waals surface area contributed by atoms with E-state index in [0.29, 0.717) is 36.8 Å². The van der Waals surface area contributed by atoms with Crippen LogP contribution in [0.25, 0.3) is 10.8 Å². The third-order valence-corrected chi connectivity index (χ3v) is 3.95. The van der Waals surface area contributed by atoms with Crippen LogP contribution >= 0.6 is 11.6 Å². The Labute approximate surface area is 122 Å². The molecule has 0 bridgehead atoms. The number of benzene rings is 1. The van der Waals surface area contributed by atoms with Gasteiger partial charge in [0.15, 0.2) is 0 Å². The highest BCUT2D eigenvalue weighted by molar-refractivity contribution is 6.34. The molecule has 0 spiro atoms. The van der Waals surface area contributed by atoms with E-state index in [0.717, 1.165) is 10.8 Å². The Morgan fingerprint density at radius 3 is 2.75 bits per heavy atom. The first kappa shape index (κ1) is 13.3. The predicted molar refractivity (Wildman–Crippen MR) is 77.9 cm³/mol. The van der Waals surface area contributed by atoms with E-state index in [9.17, 15) is 9.90 Å². The SMILES string of the molecule is O=C(c1cc2ccccc2c(Cl)n1)N1CCC(O)CC1. The topological polar surface area (TPSA) is 53.4 Å². The summed E-state index contributed by atoms with van der Waals surface area (Å²) in [7, 11) is 0. The standard InChI is InChI=1S/C15H15ClN2O2/c16-14-12-4-2-1-3-10(12)9-13(17-14)15(20)18-7-5-11(19)6-8-18/h1-4,9,11,19H,5-8H2. The summed E-state index contributed by atoms with van der Waals surface area (Å²) in [4.78, 5) is 18.4. The fraction of sp³-hybridized carbons (Fsp3) is 0.333. The fourth-order valence-corrected chi connectivity index (χ4v) is 2.76. The number of aliphatic hydroxyl groups excluding tert-OH is 1. The maximum absolute atomic E-state index is 12.4. The highest BCUT2D eigenvalue weighted by atomic mass is 35.5. The minimum atomic E-state index is -0.299. The van der Waals surface area contributed by atoms with Crippen molar-refractivity contribution in [3.8, 4) is 0 Å². The van der Waals surface area contributed by atoms with Crippen LogP contribution < -0.4 is 0 Å². The van der Waals surface area contributed by atoms with Crippen LogP contribution in [0.5, 0.6) is 0 Å². The number of piperidine rings is 1. The van der Waals surface area contributed by atoms with Gasteiger partial charge in [-0.05, 0) is 24.3 Å². The van der Waals surface area contributed by atoms with Gasteiger partial charge in [0, 0.05) is 18.5 Å². The Bertz CT molecular complexity index is 651. The molecule has 4 nitrogen and oxygen atoms in total. The summed E-state index contributed by atoms with van der Waals surface area (Å²) in [5, 5.41) is 11.6. The van der Waals surface area contributed by atoms with Gasteiger partial charge >= 0.3 is 0 Å². The molecule has 1 amide bonds. The van der Waals surface area contributed by atoms with Crippen LogP contribution in [-0.4, -0.2) is 40.1 Å². The normalized spacial score (nSPS) is 16.6. The highest BCUT2D eigenvalue weighted by Gasteiger charge is 2.23. The van der Waals surface area contributed by atoms with Crippen molar-refractivity contribution in [1.29, 1.82) is 0 Å². The van der Waals surface area contributed by atoms with Gasteiger partial charge in [-0.25, -0.2) is 4.98 Å². The molecule has 0 aliphatic carbocycles. The average molecular weight is 291 g/mol. The average Bonchev–Trinajstić information content (AvgIpc) is 2.47. The molecule has 0 atom stereocenters. The van der Waals surface area contributed by atoms with Crippen molar-refractivity contribution in [3.63, 3.8) is 0 Å². The van der Waals surface area contributed by atoms with E-state index in [4.69, 9.17) is 11.6 Å². The Hall–Kier alpha value is -1.65. The lowest BCUT2D eigenvalue weighted by Gasteiger charge is -2.29. The highest BCUT2D eigenvalue weighted by Crippen LogP contribution is 2.23. The van der Waals surface area contributed by atoms with Gasteiger partial charge in [-0.3, -0.25) is 4.79 Å². The van der Waals surface area contributed by atoms with E-state index >= 15 is 0 Å². The number of hydrogen-bond acceptors (Lipinski definition) is 3. The van der Waals surface area contributed by atoms with E-state index in [1.807, 2.05) is 24.3 Å². The van der Waals surface area contributed by atoms with Crippen molar-refractivity contribution in [2.24, 2.45) is 0 Å². The van der Waals surface area contributed by atoms with Gasteiger partial charge in [-0.1, -0.05) is 35.9 Å². The zero-order valence-corrected chi connectivity index (χ0v) is 11.7. The summed E-state index contributed by atoms with van der Waals surface area (Å²) in [6.45, 7) is 1.12. The molecule has 1 aromatic carbocycles. The van der Waals surface area contributed by atoms with Crippen LogP contribution in [0.15, 0.2) is 30.3 Å². The number of carbonyl (C=O) groups excluding carboxylic acids is 1. The number of nitrogens with zero attached hydrogens (tertiary/aromatic N) is 2. The zero-order valence-electron chi connectivity index (χ0n) is 10.9. The molecule has 3 rings (SSSR count). The number of pyridine rings is 1. The van der Waals surface area contributed by atoms with Gasteiger partial charge in [-0.15, -0.1) is 0 Å². The van der Waals surface area contributed by atoms with Crippen molar-refractivity contribution >= 4 is 28.3 Å². The molecule has 0 unspecified atom stereocenters. The zero-order chi connectivity index (χ0) is 14.1. The molecular weight excluding hydrogens is 276 g/mol. The number of aliphatic hydroxyl groups is 1. The predicted octanol–water partition coefficient (Wildman–Crippen LogP) is 2.49. The number of hydrogen-bond donors (Lipinski definition) is 1. The maximum atomic E-state index is 12.4. The molecule has 104 valence electrons. The van der Waals surface area contributed by atoms with Gasteiger partial charge in [0.1, 0.15) is 10.8 Å². The van der Waals surface area contributed by atoms with Crippen molar-refractivity contribution in [2.75, 3.05) is 13.1 Å². The molecule has 0 saturated carbocycles. The Balaban J connectivity index is 1.92. The Morgan fingerprint density at radius 2 is 2.00 bits per heavy atom. The smallest absolute Gasteiger partial charge is 0.272 e. The van der Waals surface area contributed by atoms with Crippen molar-refractivity contribution in [2.45, 2.75) is 18.9 Å². The molecule has 1 aliphatic rings. The molecule has 1 N–H and O–H groups in total. The molecule has 1 aliphatic heterocycles. The molecule has 1 aromatic heterocycles. The van der Waals surface area contributed by atoms with Crippen LogP contribution in [0.1, 0.15) is 23.3 Å². The first-order valence-electron chi connectivity index (χ1n) is 6.68. The molecule has 20 heavy (non-hydrogen) atoms. The molecule has 2 aromatic rings. The second-order valence-corrected chi connectivity index (χ2v) is 5.40. The van der Waals surface area contributed by atoms with E-state index in [1.165, 1.54) is 0 Å². The van der Waals surface area contributed by atoms with Gasteiger partial charge in [0.25, 0.3) is 5.91 Å². The summed E-state index contributed by atoms with van der Waals surface area (Å²) in [6.07, 6.45) is 0.937. The number of aromatic nitrogens is 1.